The molecule has 1 aliphatic heterocycles. The predicted octanol–water partition coefficient (Wildman–Crippen LogP) is 1.84. The van der Waals surface area contributed by atoms with Crippen LogP contribution in [0.4, 0.5) is 0 Å². The maximum atomic E-state index is 12.4. The zero-order valence-corrected chi connectivity index (χ0v) is 14.7. The molecule has 0 spiro atoms. The van der Waals surface area contributed by atoms with Crippen molar-refractivity contribution in [2.45, 2.75) is 39.2 Å². The van der Waals surface area contributed by atoms with Gasteiger partial charge >= 0.3 is 0 Å². The molecule has 1 aromatic carbocycles. The fraction of sp³-hybridized carbons (Fsp3) is 0.421. The van der Waals surface area contributed by atoms with Crippen molar-refractivity contribution in [3.8, 4) is 5.69 Å². The predicted molar refractivity (Wildman–Crippen MR) is 95.2 cm³/mol. The fourth-order valence-corrected chi connectivity index (χ4v) is 3.46. The lowest BCUT2D eigenvalue weighted by atomic mass is 9.77. The van der Waals surface area contributed by atoms with E-state index in [9.17, 15) is 9.59 Å². The number of carbonyl (C=O) groups excluding carboxylic acids is 2. The Labute approximate surface area is 147 Å². The van der Waals surface area contributed by atoms with E-state index in [0.29, 0.717) is 6.54 Å². The maximum absolute atomic E-state index is 12.4. The van der Waals surface area contributed by atoms with E-state index in [1.165, 1.54) is 0 Å². The van der Waals surface area contributed by atoms with Crippen molar-refractivity contribution in [2.75, 3.05) is 6.54 Å². The topological polar surface area (TPSA) is 76.0 Å². The Morgan fingerprint density at radius 2 is 2.04 bits per heavy atom. The molecule has 1 unspecified atom stereocenters. The maximum Gasteiger partial charge on any atom is 0.243 e. The molecule has 2 aromatic rings. The van der Waals surface area contributed by atoms with Crippen molar-refractivity contribution in [3.05, 3.63) is 48.3 Å². The minimum Gasteiger partial charge on any atom is -0.354 e. The van der Waals surface area contributed by atoms with Crippen LogP contribution in [0.25, 0.3) is 5.69 Å². The summed E-state index contributed by atoms with van der Waals surface area (Å²) in [6, 6.07) is 9.11. The van der Waals surface area contributed by atoms with Gasteiger partial charge in [0, 0.05) is 24.4 Å². The number of amides is 2. The third-order valence-corrected chi connectivity index (χ3v) is 5.27. The van der Waals surface area contributed by atoms with Crippen molar-refractivity contribution in [1.29, 1.82) is 0 Å². The SMILES string of the molecule is CCC1(CC)CNC(=O)C1NC(=O)Cc1ccc(-n2cccn2)cc1. The summed E-state index contributed by atoms with van der Waals surface area (Å²) in [4.78, 5) is 24.6. The second-order valence-electron chi connectivity index (χ2n) is 6.58. The van der Waals surface area contributed by atoms with Gasteiger partial charge in [-0.25, -0.2) is 4.68 Å². The fourth-order valence-electron chi connectivity index (χ4n) is 3.46. The number of carbonyl (C=O) groups is 2. The molecule has 6 heteroatoms. The first kappa shape index (κ1) is 17.2. The van der Waals surface area contributed by atoms with Gasteiger partial charge in [0.2, 0.25) is 11.8 Å². The van der Waals surface area contributed by atoms with Crippen LogP contribution in [0.1, 0.15) is 32.3 Å². The smallest absolute Gasteiger partial charge is 0.243 e. The van der Waals surface area contributed by atoms with Gasteiger partial charge in [-0.1, -0.05) is 26.0 Å². The van der Waals surface area contributed by atoms with Crippen molar-refractivity contribution >= 4 is 11.8 Å². The molecule has 1 aliphatic rings. The second-order valence-corrected chi connectivity index (χ2v) is 6.58. The summed E-state index contributed by atoms with van der Waals surface area (Å²) in [7, 11) is 0. The number of hydrogen-bond donors (Lipinski definition) is 2. The Bertz CT molecular complexity index is 733. The van der Waals surface area contributed by atoms with E-state index in [1.807, 2.05) is 36.5 Å². The summed E-state index contributed by atoms with van der Waals surface area (Å²) >= 11 is 0. The molecule has 1 atom stereocenters. The van der Waals surface area contributed by atoms with Gasteiger partial charge in [-0.15, -0.1) is 0 Å². The van der Waals surface area contributed by atoms with Crippen LogP contribution in [-0.4, -0.2) is 34.2 Å². The Kier molecular flexibility index (Phi) is 4.88. The molecule has 6 nitrogen and oxygen atoms in total. The van der Waals surface area contributed by atoms with Crippen LogP contribution >= 0.6 is 0 Å². The molecule has 2 heterocycles. The van der Waals surface area contributed by atoms with Crippen LogP contribution in [0.5, 0.6) is 0 Å². The minimum atomic E-state index is -0.446. The monoisotopic (exact) mass is 340 g/mol. The average Bonchev–Trinajstić information content (AvgIpc) is 3.26. The van der Waals surface area contributed by atoms with Crippen molar-refractivity contribution in [2.24, 2.45) is 5.41 Å². The van der Waals surface area contributed by atoms with E-state index >= 15 is 0 Å². The highest BCUT2D eigenvalue weighted by Crippen LogP contribution is 2.34. The average molecular weight is 340 g/mol. The molecule has 1 fully saturated rings. The summed E-state index contributed by atoms with van der Waals surface area (Å²) in [5, 5.41) is 10.0. The highest BCUT2D eigenvalue weighted by Gasteiger charge is 2.46. The zero-order valence-electron chi connectivity index (χ0n) is 14.7. The number of nitrogens with one attached hydrogen (secondary N) is 2. The van der Waals surface area contributed by atoms with Crippen LogP contribution in [0.3, 0.4) is 0 Å². The van der Waals surface area contributed by atoms with Crippen LogP contribution in [0, 0.1) is 5.41 Å². The molecule has 0 radical (unpaired) electrons. The first-order valence-electron chi connectivity index (χ1n) is 8.74. The molecule has 1 saturated heterocycles. The highest BCUT2D eigenvalue weighted by molar-refractivity contribution is 5.90. The summed E-state index contributed by atoms with van der Waals surface area (Å²) in [5.74, 6) is -0.203. The van der Waals surface area contributed by atoms with Gasteiger partial charge in [0.15, 0.2) is 0 Å². The summed E-state index contributed by atoms with van der Waals surface area (Å²) in [6.45, 7) is 4.76. The van der Waals surface area contributed by atoms with Crippen molar-refractivity contribution in [1.82, 2.24) is 20.4 Å². The van der Waals surface area contributed by atoms with Crippen molar-refractivity contribution in [3.63, 3.8) is 0 Å². The number of hydrogen-bond acceptors (Lipinski definition) is 3. The van der Waals surface area contributed by atoms with Gasteiger partial charge in [-0.3, -0.25) is 9.59 Å². The van der Waals surface area contributed by atoms with Gasteiger partial charge in [0.05, 0.1) is 12.1 Å². The van der Waals surface area contributed by atoms with Crippen LogP contribution in [0.2, 0.25) is 0 Å². The molecular weight excluding hydrogens is 316 g/mol. The lowest BCUT2D eigenvalue weighted by Crippen LogP contribution is -2.49. The summed E-state index contributed by atoms with van der Waals surface area (Å²) in [5.41, 5.74) is 1.67. The van der Waals surface area contributed by atoms with E-state index in [2.05, 4.69) is 29.6 Å². The lowest BCUT2D eigenvalue weighted by molar-refractivity contribution is -0.128. The third kappa shape index (κ3) is 3.43. The van der Waals surface area contributed by atoms with Crippen LogP contribution < -0.4 is 10.6 Å². The van der Waals surface area contributed by atoms with E-state index < -0.39 is 6.04 Å². The lowest BCUT2D eigenvalue weighted by Gasteiger charge is -2.31. The van der Waals surface area contributed by atoms with E-state index in [-0.39, 0.29) is 23.7 Å². The minimum absolute atomic E-state index is 0.0777. The summed E-state index contributed by atoms with van der Waals surface area (Å²) < 4.78 is 1.77. The molecule has 2 N–H and O–H groups in total. The third-order valence-electron chi connectivity index (χ3n) is 5.27. The van der Waals surface area contributed by atoms with Crippen LogP contribution in [-0.2, 0) is 16.0 Å². The molecule has 1 aromatic heterocycles. The van der Waals surface area contributed by atoms with E-state index in [0.717, 1.165) is 24.1 Å². The molecule has 0 saturated carbocycles. The van der Waals surface area contributed by atoms with Crippen molar-refractivity contribution < 1.29 is 9.59 Å². The molecule has 3 rings (SSSR count). The normalized spacial score (nSPS) is 18.8. The molecule has 2 amide bonds. The molecule has 0 bridgehead atoms. The Morgan fingerprint density at radius 1 is 1.32 bits per heavy atom. The molecule has 132 valence electrons. The van der Waals surface area contributed by atoms with Gasteiger partial charge < -0.3 is 10.6 Å². The van der Waals surface area contributed by atoms with Gasteiger partial charge in [-0.2, -0.15) is 5.10 Å². The largest absolute Gasteiger partial charge is 0.354 e. The molecule has 25 heavy (non-hydrogen) atoms. The van der Waals surface area contributed by atoms with Gasteiger partial charge in [0.1, 0.15) is 6.04 Å². The van der Waals surface area contributed by atoms with Crippen LogP contribution in [0.15, 0.2) is 42.7 Å². The number of rotatable bonds is 6. The van der Waals surface area contributed by atoms with Gasteiger partial charge in [-0.05, 0) is 36.6 Å². The number of nitrogens with zero attached hydrogens (tertiary/aromatic N) is 2. The highest BCUT2D eigenvalue weighted by atomic mass is 16.2. The van der Waals surface area contributed by atoms with E-state index in [1.54, 1.807) is 10.9 Å². The molecular formula is C19H24N4O2. The van der Waals surface area contributed by atoms with Gasteiger partial charge in [0.25, 0.3) is 0 Å². The number of benzene rings is 1. The quantitative estimate of drug-likeness (QED) is 0.842. The number of aromatic nitrogens is 2. The standard InChI is InChI=1S/C19H24N4O2/c1-3-19(4-2)13-20-18(25)17(19)22-16(24)12-14-6-8-15(9-7-14)23-11-5-10-21-23/h5-11,17H,3-4,12-13H2,1-2H3,(H,20,25)(H,22,24). The summed E-state index contributed by atoms with van der Waals surface area (Å²) in [6.07, 6.45) is 5.56. The Hall–Kier alpha value is -2.63. The molecule has 0 aliphatic carbocycles. The first-order chi connectivity index (χ1) is 12.1. The first-order valence-corrected chi connectivity index (χ1v) is 8.74. The zero-order chi connectivity index (χ0) is 17.9. The Balaban J connectivity index is 1.65. The Morgan fingerprint density at radius 3 is 2.64 bits per heavy atom. The second kappa shape index (κ2) is 7.09. The van der Waals surface area contributed by atoms with E-state index in [4.69, 9.17) is 0 Å².